The maximum atomic E-state index is 12.4. The molecule has 0 spiro atoms. The second-order valence-electron chi connectivity index (χ2n) is 4.21. The van der Waals surface area contributed by atoms with Crippen molar-refractivity contribution in [1.29, 1.82) is 0 Å². The van der Waals surface area contributed by atoms with E-state index in [1.165, 1.54) is 32.2 Å². The molecule has 0 saturated carbocycles. The number of benzene rings is 1. The Kier molecular flexibility index (Phi) is 5.52. The van der Waals surface area contributed by atoms with E-state index in [0.29, 0.717) is 5.56 Å². The van der Waals surface area contributed by atoms with Gasteiger partial charge in [0.25, 0.3) is 0 Å². The summed E-state index contributed by atoms with van der Waals surface area (Å²) in [6, 6.07) is 3.54. The second kappa shape index (κ2) is 6.92. The Balaban J connectivity index is 2.64. The number of carbonyl (C=O) groups excluding carboxylic acids is 2. The first-order valence-corrected chi connectivity index (χ1v) is 5.97. The van der Waals surface area contributed by atoms with Crippen LogP contribution in [0.3, 0.4) is 0 Å². The number of esters is 1. The minimum absolute atomic E-state index is 0.434. The number of methoxy groups -OCH3 is 1. The van der Waals surface area contributed by atoms with E-state index in [9.17, 15) is 22.8 Å². The summed E-state index contributed by atoms with van der Waals surface area (Å²) in [7, 11) is 1.20. The van der Waals surface area contributed by atoms with Crippen molar-refractivity contribution in [2.45, 2.75) is 19.1 Å². The summed E-state index contributed by atoms with van der Waals surface area (Å²) < 4.78 is 41.5. The average molecular weight is 301 g/mol. The van der Waals surface area contributed by atoms with Crippen molar-refractivity contribution in [3.63, 3.8) is 0 Å². The van der Waals surface area contributed by atoms with Crippen LogP contribution in [0.4, 0.5) is 13.2 Å². The van der Waals surface area contributed by atoms with Gasteiger partial charge in [-0.3, -0.25) is 4.79 Å². The number of carbonyl (C=O) groups is 2. The van der Waals surface area contributed by atoms with Crippen molar-refractivity contribution >= 4 is 18.0 Å². The number of hydrogen-bond donors (Lipinski definition) is 1. The Bertz CT molecular complexity index is 535. The number of alkyl halides is 3. The van der Waals surface area contributed by atoms with E-state index in [2.05, 4.69) is 10.1 Å². The van der Waals surface area contributed by atoms with Gasteiger partial charge in [0.05, 0.1) is 12.7 Å². The van der Waals surface area contributed by atoms with Crippen LogP contribution in [-0.4, -0.2) is 25.0 Å². The van der Waals surface area contributed by atoms with Crippen molar-refractivity contribution in [2.75, 3.05) is 7.11 Å². The van der Waals surface area contributed by atoms with Crippen LogP contribution in [0.25, 0.3) is 6.08 Å². The molecule has 4 nitrogen and oxygen atoms in total. The van der Waals surface area contributed by atoms with Crippen LogP contribution in [0.1, 0.15) is 18.1 Å². The van der Waals surface area contributed by atoms with Crippen LogP contribution >= 0.6 is 0 Å². The van der Waals surface area contributed by atoms with Crippen LogP contribution < -0.4 is 5.32 Å². The van der Waals surface area contributed by atoms with Crippen LogP contribution in [-0.2, 0) is 20.5 Å². The van der Waals surface area contributed by atoms with Gasteiger partial charge in [0.2, 0.25) is 5.91 Å². The number of hydrogen-bond acceptors (Lipinski definition) is 3. The third kappa shape index (κ3) is 5.29. The lowest BCUT2D eigenvalue weighted by molar-refractivity contribution is -0.144. The van der Waals surface area contributed by atoms with E-state index in [1.54, 1.807) is 0 Å². The van der Waals surface area contributed by atoms with Gasteiger partial charge in [0.1, 0.15) is 6.04 Å². The van der Waals surface area contributed by atoms with Gasteiger partial charge >= 0.3 is 12.1 Å². The van der Waals surface area contributed by atoms with Crippen molar-refractivity contribution in [3.05, 3.63) is 41.5 Å². The van der Waals surface area contributed by atoms with Crippen molar-refractivity contribution < 1.29 is 27.5 Å². The topological polar surface area (TPSA) is 55.4 Å². The summed E-state index contributed by atoms with van der Waals surface area (Å²) in [6.07, 6.45) is -1.92. The fourth-order valence-electron chi connectivity index (χ4n) is 1.45. The molecule has 0 aliphatic heterocycles. The summed E-state index contributed by atoms with van der Waals surface area (Å²) in [5, 5.41) is 2.36. The highest BCUT2D eigenvalue weighted by Crippen LogP contribution is 2.29. The first-order chi connectivity index (χ1) is 9.74. The molecule has 1 unspecified atom stereocenters. The Morgan fingerprint density at radius 2 is 1.81 bits per heavy atom. The smallest absolute Gasteiger partial charge is 0.416 e. The molecule has 1 N–H and O–H groups in total. The highest BCUT2D eigenvalue weighted by Gasteiger charge is 2.29. The van der Waals surface area contributed by atoms with Crippen molar-refractivity contribution in [2.24, 2.45) is 0 Å². The van der Waals surface area contributed by atoms with Crippen LogP contribution in [0.15, 0.2) is 30.3 Å². The standard InChI is InChI=1S/C14H14F3NO3/c1-9(13(20)21-2)18-12(19)8-5-10-3-6-11(7-4-10)14(15,16)17/h3-9H,1-2H3,(H,18,19)/b8-5+. The summed E-state index contributed by atoms with van der Waals surface area (Å²) in [5.74, 6) is -1.14. The van der Waals surface area contributed by atoms with Gasteiger partial charge in [-0.15, -0.1) is 0 Å². The van der Waals surface area contributed by atoms with Gasteiger partial charge in [0, 0.05) is 6.08 Å². The van der Waals surface area contributed by atoms with E-state index in [0.717, 1.165) is 18.2 Å². The lowest BCUT2D eigenvalue weighted by atomic mass is 10.1. The largest absolute Gasteiger partial charge is 0.467 e. The lowest BCUT2D eigenvalue weighted by Gasteiger charge is -2.09. The molecule has 0 radical (unpaired) electrons. The molecule has 114 valence electrons. The fourth-order valence-corrected chi connectivity index (χ4v) is 1.45. The van der Waals surface area contributed by atoms with Crippen LogP contribution in [0.5, 0.6) is 0 Å². The molecule has 1 aromatic carbocycles. The zero-order valence-electron chi connectivity index (χ0n) is 11.4. The van der Waals surface area contributed by atoms with Gasteiger partial charge in [-0.05, 0) is 30.7 Å². The van der Waals surface area contributed by atoms with Gasteiger partial charge < -0.3 is 10.1 Å². The average Bonchev–Trinajstić information content (AvgIpc) is 2.43. The molecule has 0 aliphatic carbocycles. The molecule has 0 aliphatic rings. The predicted molar refractivity (Wildman–Crippen MR) is 70.1 cm³/mol. The Hall–Kier alpha value is -2.31. The fraction of sp³-hybridized carbons (Fsp3) is 0.286. The molecule has 0 heterocycles. The Labute approximate surface area is 119 Å². The van der Waals surface area contributed by atoms with E-state index in [1.807, 2.05) is 0 Å². The number of nitrogens with one attached hydrogen (secondary N) is 1. The van der Waals surface area contributed by atoms with Gasteiger partial charge in [0.15, 0.2) is 0 Å². The number of rotatable bonds is 4. The zero-order chi connectivity index (χ0) is 16.0. The molecular weight excluding hydrogens is 287 g/mol. The molecule has 0 saturated heterocycles. The monoisotopic (exact) mass is 301 g/mol. The predicted octanol–water partition coefficient (Wildman–Crippen LogP) is 2.40. The summed E-state index contributed by atoms with van der Waals surface area (Å²) in [4.78, 5) is 22.6. The lowest BCUT2D eigenvalue weighted by Crippen LogP contribution is -2.38. The molecule has 1 aromatic rings. The normalized spacial score (nSPS) is 13.0. The van der Waals surface area contributed by atoms with Gasteiger partial charge in [-0.1, -0.05) is 12.1 Å². The molecule has 0 aromatic heterocycles. The van der Waals surface area contributed by atoms with Gasteiger partial charge in [-0.25, -0.2) is 4.79 Å². The Morgan fingerprint density at radius 3 is 2.29 bits per heavy atom. The first kappa shape index (κ1) is 16.7. The molecule has 1 atom stereocenters. The Morgan fingerprint density at radius 1 is 1.24 bits per heavy atom. The van der Waals surface area contributed by atoms with E-state index < -0.39 is 29.7 Å². The molecule has 7 heteroatoms. The SMILES string of the molecule is COC(=O)C(C)NC(=O)/C=C/c1ccc(C(F)(F)F)cc1. The highest BCUT2D eigenvalue weighted by molar-refractivity contribution is 5.94. The molecule has 21 heavy (non-hydrogen) atoms. The third-order valence-electron chi connectivity index (χ3n) is 2.58. The maximum Gasteiger partial charge on any atom is 0.416 e. The van der Waals surface area contributed by atoms with Crippen LogP contribution in [0, 0.1) is 0 Å². The second-order valence-corrected chi connectivity index (χ2v) is 4.21. The van der Waals surface area contributed by atoms with Crippen molar-refractivity contribution in [3.8, 4) is 0 Å². The molecular formula is C14H14F3NO3. The quantitative estimate of drug-likeness (QED) is 0.686. The highest BCUT2D eigenvalue weighted by atomic mass is 19.4. The van der Waals surface area contributed by atoms with E-state index >= 15 is 0 Å². The number of ether oxygens (including phenoxy) is 1. The maximum absolute atomic E-state index is 12.4. The van der Waals surface area contributed by atoms with E-state index in [-0.39, 0.29) is 0 Å². The number of halogens is 3. The summed E-state index contributed by atoms with van der Waals surface area (Å²) in [5.41, 5.74) is -0.327. The minimum atomic E-state index is -4.39. The zero-order valence-corrected chi connectivity index (χ0v) is 11.4. The minimum Gasteiger partial charge on any atom is -0.467 e. The van der Waals surface area contributed by atoms with Crippen molar-refractivity contribution in [1.82, 2.24) is 5.32 Å². The first-order valence-electron chi connectivity index (χ1n) is 5.97. The summed E-state index contributed by atoms with van der Waals surface area (Å²) >= 11 is 0. The third-order valence-corrected chi connectivity index (χ3v) is 2.58. The van der Waals surface area contributed by atoms with Gasteiger partial charge in [-0.2, -0.15) is 13.2 Å². The molecule has 1 amide bonds. The molecule has 1 rings (SSSR count). The molecule has 0 fully saturated rings. The molecule has 0 bridgehead atoms. The van der Waals surface area contributed by atoms with E-state index in [4.69, 9.17) is 0 Å². The number of amides is 1. The summed E-state index contributed by atoms with van der Waals surface area (Å²) in [6.45, 7) is 1.45. The van der Waals surface area contributed by atoms with Crippen LogP contribution in [0.2, 0.25) is 0 Å².